The highest BCUT2D eigenvalue weighted by atomic mass is 35.5. The summed E-state index contributed by atoms with van der Waals surface area (Å²) in [5.74, 6) is 0.843. The molecule has 0 aliphatic heterocycles. The number of hydrogen-bond acceptors (Lipinski definition) is 3. The van der Waals surface area contributed by atoms with Crippen LogP contribution >= 0.6 is 22.9 Å². The molecule has 0 unspecified atom stereocenters. The van der Waals surface area contributed by atoms with Crippen molar-refractivity contribution in [2.45, 2.75) is 6.92 Å². The standard InChI is InChI=1S/C11H8ClN3S/c1-7-2-5-10-13-14-11(15(10)6-7)8-3-4-9(12)16-8/h2-6H,1H3. The molecule has 3 aromatic heterocycles. The van der Waals surface area contributed by atoms with Crippen molar-refractivity contribution in [2.75, 3.05) is 0 Å². The second-order valence-corrected chi connectivity index (χ2v) is 5.28. The number of thiophene rings is 1. The molecule has 0 saturated carbocycles. The predicted octanol–water partition coefficient (Wildman–Crippen LogP) is 3.42. The molecule has 0 bridgehead atoms. The van der Waals surface area contributed by atoms with E-state index in [1.807, 2.05) is 41.8 Å². The molecule has 80 valence electrons. The van der Waals surface area contributed by atoms with Crippen LogP contribution in [0.2, 0.25) is 4.34 Å². The lowest BCUT2D eigenvalue weighted by Gasteiger charge is -1.97. The first-order chi connectivity index (χ1) is 7.74. The van der Waals surface area contributed by atoms with Gasteiger partial charge in [0.2, 0.25) is 0 Å². The zero-order valence-corrected chi connectivity index (χ0v) is 10.1. The third-order valence-electron chi connectivity index (χ3n) is 2.34. The summed E-state index contributed by atoms with van der Waals surface area (Å²) in [6.07, 6.45) is 2.03. The van der Waals surface area contributed by atoms with Gasteiger partial charge in [-0.05, 0) is 30.7 Å². The fourth-order valence-corrected chi connectivity index (χ4v) is 2.62. The van der Waals surface area contributed by atoms with Crippen molar-refractivity contribution >= 4 is 28.6 Å². The summed E-state index contributed by atoms with van der Waals surface area (Å²) in [7, 11) is 0. The van der Waals surface area contributed by atoms with Crippen LogP contribution in [-0.2, 0) is 0 Å². The molecular weight excluding hydrogens is 242 g/mol. The second kappa shape index (κ2) is 3.57. The Balaban J connectivity index is 2.27. The van der Waals surface area contributed by atoms with Crippen LogP contribution in [0.3, 0.4) is 0 Å². The largest absolute Gasteiger partial charge is 0.281 e. The van der Waals surface area contributed by atoms with Crippen molar-refractivity contribution in [1.29, 1.82) is 0 Å². The molecule has 16 heavy (non-hydrogen) atoms. The number of pyridine rings is 1. The van der Waals surface area contributed by atoms with Gasteiger partial charge >= 0.3 is 0 Å². The van der Waals surface area contributed by atoms with Gasteiger partial charge in [-0.3, -0.25) is 4.40 Å². The number of halogens is 1. The first-order valence-corrected chi connectivity index (χ1v) is 6.00. The minimum atomic E-state index is 0.763. The number of rotatable bonds is 1. The van der Waals surface area contributed by atoms with Gasteiger partial charge in [-0.1, -0.05) is 17.7 Å². The number of aryl methyl sites for hydroxylation is 1. The van der Waals surface area contributed by atoms with Crippen molar-refractivity contribution in [2.24, 2.45) is 0 Å². The zero-order chi connectivity index (χ0) is 11.1. The van der Waals surface area contributed by atoms with Crippen LogP contribution in [0.25, 0.3) is 16.3 Å². The number of nitrogens with zero attached hydrogens (tertiary/aromatic N) is 3. The normalized spacial score (nSPS) is 11.1. The number of fused-ring (bicyclic) bond motifs is 1. The lowest BCUT2D eigenvalue weighted by Crippen LogP contribution is -1.88. The molecule has 3 rings (SSSR count). The molecule has 0 aromatic carbocycles. The van der Waals surface area contributed by atoms with Gasteiger partial charge in [0.1, 0.15) is 0 Å². The minimum absolute atomic E-state index is 0.763. The van der Waals surface area contributed by atoms with Gasteiger partial charge in [0.05, 0.1) is 9.21 Å². The Morgan fingerprint density at radius 1 is 1.19 bits per heavy atom. The molecule has 0 N–H and O–H groups in total. The van der Waals surface area contributed by atoms with Crippen LogP contribution in [0.1, 0.15) is 5.56 Å². The van der Waals surface area contributed by atoms with Gasteiger partial charge in [0, 0.05) is 6.20 Å². The van der Waals surface area contributed by atoms with Gasteiger partial charge < -0.3 is 0 Å². The third kappa shape index (κ3) is 1.50. The average Bonchev–Trinajstić information content (AvgIpc) is 2.83. The monoisotopic (exact) mass is 249 g/mol. The molecule has 0 amide bonds. The van der Waals surface area contributed by atoms with E-state index in [-0.39, 0.29) is 0 Å². The van der Waals surface area contributed by atoms with E-state index in [1.54, 1.807) is 0 Å². The summed E-state index contributed by atoms with van der Waals surface area (Å²) in [4.78, 5) is 1.03. The summed E-state index contributed by atoms with van der Waals surface area (Å²) in [5.41, 5.74) is 2.03. The number of aromatic nitrogens is 3. The van der Waals surface area contributed by atoms with E-state index in [9.17, 15) is 0 Å². The van der Waals surface area contributed by atoms with Crippen LogP contribution in [-0.4, -0.2) is 14.6 Å². The highest BCUT2D eigenvalue weighted by Crippen LogP contribution is 2.29. The molecule has 0 saturated heterocycles. The Labute approximate surface area is 101 Å². The summed E-state index contributed by atoms with van der Waals surface area (Å²) in [6, 6.07) is 7.82. The summed E-state index contributed by atoms with van der Waals surface area (Å²) in [6.45, 7) is 2.05. The minimum Gasteiger partial charge on any atom is -0.281 e. The molecular formula is C11H8ClN3S. The van der Waals surface area contributed by atoms with Crippen molar-refractivity contribution in [3.63, 3.8) is 0 Å². The van der Waals surface area contributed by atoms with Crippen molar-refractivity contribution in [3.05, 3.63) is 40.4 Å². The Bertz CT molecular complexity index is 656. The van der Waals surface area contributed by atoms with E-state index < -0.39 is 0 Å². The average molecular weight is 250 g/mol. The Morgan fingerprint density at radius 2 is 2.06 bits per heavy atom. The molecule has 0 spiro atoms. The lowest BCUT2D eigenvalue weighted by atomic mass is 10.3. The van der Waals surface area contributed by atoms with E-state index in [4.69, 9.17) is 11.6 Å². The SMILES string of the molecule is Cc1ccc2nnc(-c3ccc(Cl)s3)n2c1. The Morgan fingerprint density at radius 3 is 2.81 bits per heavy atom. The van der Waals surface area contributed by atoms with Crippen LogP contribution in [0.4, 0.5) is 0 Å². The van der Waals surface area contributed by atoms with Gasteiger partial charge in [-0.2, -0.15) is 0 Å². The quantitative estimate of drug-likeness (QED) is 0.662. The molecule has 3 heterocycles. The maximum atomic E-state index is 5.92. The zero-order valence-electron chi connectivity index (χ0n) is 8.51. The van der Waals surface area contributed by atoms with Gasteiger partial charge in [-0.15, -0.1) is 21.5 Å². The fourth-order valence-electron chi connectivity index (χ4n) is 1.60. The maximum absolute atomic E-state index is 5.92. The summed E-state index contributed by atoms with van der Waals surface area (Å²) < 4.78 is 2.75. The highest BCUT2D eigenvalue weighted by Gasteiger charge is 2.09. The molecule has 3 aromatic rings. The van der Waals surface area contributed by atoms with Gasteiger partial charge in [0.15, 0.2) is 11.5 Å². The second-order valence-electron chi connectivity index (χ2n) is 3.56. The molecule has 0 fully saturated rings. The summed E-state index contributed by atoms with van der Waals surface area (Å²) in [5, 5.41) is 8.31. The van der Waals surface area contributed by atoms with E-state index >= 15 is 0 Å². The van der Waals surface area contributed by atoms with E-state index in [0.29, 0.717) is 0 Å². The first-order valence-electron chi connectivity index (χ1n) is 4.81. The maximum Gasteiger partial charge on any atom is 0.178 e. The molecule has 0 atom stereocenters. The highest BCUT2D eigenvalue weighted by molar-refractivity contribution is 7.19. The molecule has 0 aliphatic rings. The number of hydrogen-bond donors (Lipinski definition) is 0. The Kier molecular flexibility index (Phi) is 2.19. The van der Waals surface area contributed by atoms with Crippen LogP contribution in [0.15, 0.2) is 30.5 Å². The van der Waals surface area contributed by atoms with Gasteiger partial charge in [0.25, 0.3) is 0 Å². The first kappa shape index (κ1) is 9.81. The molecule has 5 heteroatoms. The molecule has 0 aliphatic carbocycles. The smallest absolute Gasteiger partial charge is 0.178 e. The molecule has 3 nitrogen and oxygen atoms in total. The van der Waals surface area contributed by atoms with Crippen LogP contribution in [0.5, 0.6) is 0 Å². The van der Waals surface area contributed by atoms with Crippen molar-refractivity contribution in [1.82, 2.24) is 14.6 Å². The topological polar surface area (TPSA) is 30.2 Å². The predicted molar refractivity (Wildman–Crippen MR) is 66.0 cm³/mol. The van der Waals surface area contributed by atoms with Crippen molar-refractivity contribution < 1.29 is 0 Å². The van der Waals surface area contributed by atoms with Crippen molar-refractivity contribution in [3.8, 4) is 10.7 Å². The van der Waals surface area contributed by atoms with E-state index in [1.165, 1.54) is 16.9 Å². The fraction of sp³-hybridized carbons (Fsp3) is 0.0909. The van der Waals surface area contributed by atoms with Gasteiger partial charge in [-0.25, -0.2) is 0 Å². The lowest BCUT2D eigenvalue weighted by molar-refractivity contribution is 1.11. The Hall–Kier alpha value is -1.39. The van der Waals surface area contributed by atoms with E-state index in [0.717, 1.165) is 20.7 Å². The van der Waals surface area contributed by atoms with E-state index in [2.05, 4.69) is 10.2 Å². The molecule has 0 radical (unpaired) electrons. The van der Waals surface area contributed by atoms with Crippen LogP contribution in [0, 0.1) is 6.92 Å². The summed E-state index contributed by atoms with van der Waals surface area (Å²) >= 11 is 7.43. The van der Waals surface area contributed by atoms with Crippen LogP contribution < -0.4 is 0 Å². The third-order valence-corrected chi connectivity index (χ3v) is 3.57.